The van der Waals surface area contributed by atoms with Crippen LogP contribution in [0.25, 0.3) is 0 Å². The van der Waals surface area contributed by atoms with Crippen molar-refractivity contribution < 1.29 is 4.79 Å². The zero-order chi connectivity index (χ0) is 21.4. The maximum absolute atomic E-state index is 12.8. The number of carbonyl (C=O) groups is 1. The quantitative estimate of drug-likeness (QED) is 0.445. The maximum Gasteiger partial charge on any atom is 0.226 e. The first-order valence-electron chi connectivity index (χ1n) is 10.8. The predicted molar refractivity (Wildman–Crippen MR) is 119 cm³/mol. The van der Waals surface area contributed by atoms with Gasteiger partial charge in [0.2, 0.25) is 5.91 Å². The van der Waals surface area contributed by atoms with Crippen LogP contribution in [0.1, 0.15) is 122 Å². The Bertz CT molecular complexity index is 397. The molecule has 0 aliphatic carbocycles. The van der Waals surface area contributed by atoms with Gasteiger partial charge >= 0.3 is 0 Å². The summed E-state index contributed by atoms with van der Waals surface area (Å²) in [5.41, 5.74) is 0.147. The van der Waals surface area contributed by atoms with Gasteiger partial charge in [0, 0.05) is 11.0 Å². The van der Waals surface area contributed by atoms with E-state index in [1.165, 1.54) is 6.42 Å². The molecule has 2 nitrogen and oxygen atoms in total. The van der Waals surface area contributed by atoms with E-state index in [-0.39, 0.29) is 22.3 Å². The largest absolute Gasteiger partial charge is 0.351 e. The second kappa shape index (κ2) is 10.7. The van der Waals surface area contributed by atoms with Crippen LogP contribution in [0.15, 0.2) is 0 Å². The summed E-state index contributed by atoms with van der Waals surface area (Å²) in [7, 11) is 0. The summed E-state index contributed by atoms with van der Waals surface area (Å²) in [6, 6.07) is 0. The molecule has 0 heterocycles. The molecule has 0 radical (unpaired) electrons. The van der Waals surface area contributed by atoms with Crippen LogP contribution >= 0.6 is 0 Å². The molecule has 0 unspecified atom stereocenters. The van der Waals surface area contributed by atoms with Gasteiger partial charge in [0.25, 0.3) is 0 Å². The van der Waals surface area contributed by atoms with Crippen molar-refractivity contribution in [2.24, 2.45) is 22.2 Å². The third kappa shape index (κ3) is 13.6. The maximum atomic E-state index is 12.8. The zero-order valence-electron chi connectivity index (χ0n) is 20.5. The lowest BCUT2D eigenvalue weighted by molar-refractivity contribution is -0.131. The van der Waals surface area contributed by atoms with E-state index in [9.17, 15) is 4.79 Å². The summed E-state index contributed by atoms with van der Waals surface area (Å²) < 4.78 is 0. The van der Waals surface area contributed by atoms with Crippen molar-refractivity contribution in [1.29, 1.82) is 0 Å². The van der Waals surface area contributed by atoms with E-state index in [4.69, 9.17) is 0 Å². The molecule has 0 aliphatic rings. The van der Waals surface area contributed by atoms with Gasteiger partial charge in [-0.1, -0.05) is 76.2 Å². The SMILES string of the molecule is CC.CC(C)CC(C)(C)CCC(C)(C)NC(=O)C(C)(C)CCC(C)(C)C. The van der Waals surface area contributed by atoms with Crippen molar-refractivity contribution in [3.8, 4) is 0 Å². The van der Waals surface area contributed by atoms with Gasteiger partial charge in [-0.05, 0) is 62.7 Å². The Kier molecular flexibility index (Phi) is 11.4. The van der Waals surface area contributed by atoms with Crippen LogP contribution in [0.5, 0.6) is 0 Å². The topological polar surface area (TPSA) is 29.1 Å². The van der Waals surface area contributed by atoms with Gasteiger partial charge in [-0.3, -0.25) is 4.79 Å². The van der Waals surface area contributed by atoms with Crippen molar-refractivity contribution >= 4 is 5.91 Å². The van der Waals surface area contributed by atoms with E-state index < -0.39 is 0 Å². The Morgan fingerprint density at radius 1 is 0.769 bits per heavy atom. The molecule has 0 fully saturated rings. The molecule has 0 bridgehead atoms. The van der Waals surface area contributed by atoms with E-state index in [2.05, 4.69) is 81.5 Å². The van der Waals surface area contributed by atoms with E-state index in [0.717, 1.165) is 25.7 Å². The highest BCUT2D eigenvalue weighted by Gasteiger charge is 2.33. The minimum absolute atomic E-state index is 0.148. The molecule has 26 heavy (non-hydrogen) atoms. The summed E-state index contributed by atoms with van der Waals surface area (Å²) in [4.78, 5) is 12.8. The van der Waals surface area contributed by atoms with Gasteiger partial charge in [0.15, 0.2) is 0 Å². The molecular weight excluding hydrogens is 318 g/mol. The zero-order valence-corrected chi connectivity index (χ0v) is 20.5. The van der Waals surface area contributed by atoms with Crippen molar-refractivity contribution in [3.63, 3.8) is 0 Å². The highest BCUT2D eigenvalue weighted by atomic mass is 16.2. The van der Waals surface area contributed by atoms with Crippen molar-refractivity contribution in [3.05, 3.63) is 0 Å². The lowest BCUT2D eigenvalue weighted by Gasteiger charge is -2.36. The third-order valence-corrected chi connectivity index (χ3v) is 4.95. The fraction of sp³-hybridized carbons (Fsp3) is 0.958. The molecule has 0 saturated heterocycles. The van der Waals surface area contributed by atoms with Gasteiger partial charge in [0.05, 0.1) is 0 Å². The second-order valence-corrected chi connectivity index (χ2v) is 11.5. The Balaban J connectivity index is 0. The molecule has 1 amide bonds. The molecule has 0 atom stereocenters. The van der Waals surface area contributed by atoms with Gasteiger partial charge in [-0.25, -0.2) is 0 Å². The summed E-state index contributed by atoms with van der Waals surface area (Å²) in [5, 5.41) is 3.32. The molecule has 158 valence electrons. The first-order valence-corrected chi connectivity index (χ1v) is 10.8. The van der Waals surface area contributed by atoms with E-state index in [1.54, 1.807) is 0 Å². The molecule has 0 saturated carbocycles. The number of carbonyl (C=O) groups excluding carboxylic acids is 1. The highest BCUT2D eigenvalue weighted by molar-refractivity contribution is 5.82. The van der Waals surface area contributed by atoms with Gasteiger partial charge in [0.1, 0.15) is 0 Å². The molecule has 0 rings (SSSR count). The Morgan fingerprint density at radius 2 is 1.23 bits per heavy atom. The van der Waals surface area contributed by atoms with Crippen LogP contribution in [0.4, 0.5) is 0 Å². The number of hydrogen-bond acceptors (Lipinski definition) is 1. The highest BCUT2D eigenvalue weighted by Crippen LogP contribution is 2.34. The molecule has 0 aromatic carbocycles. The van der Waals surface area contributed by atoms with Crippen LogP contribution in [-0.2, 0) is 4.79 Å². The van der Waals surface area contributed by atoms with E-state index >= 15 is 0 Å². The summed E-state index contributed by atoms with van der Waals surface area (Å²) in [5.74, 6) is 0.910. The second-order valence-electron chi connectivity index (χ2n) is 11.5. The standard InChI is InChI=1S/C22H45NO.C2H6/c1-17(2)16-20(6,7)13-15-22(10,11)23-18(24)21(8,9)14-12-19(3,4)5;1-2/h17H,12-16H2,1-11H3,(H,23,24);1-2H3. The number of hydrogen-bond donors (Lipinski definition) is 1. The number of amides is 1. The van der Waals surface area contributed by atoms with Crippen molar-refractivity contribution in [2.45, 2.75) is 128 Å². The van der Waals surface area contributed by atoms with Crippen LogP contribution in [0.2, 0.25) is 0 Å². The van der Waals surface area contributed by atoms with E-state index in [0.29, 0.717) is 11.3 Å². The Morgan fingerprint density at radius 3 is 1.62 bits per heavy atom. The van der Waals surface area contributed by atoms with Crippen LogP contribution in [0, 0.1) is 22.2 Å². The number of nitrogens with one attached hydrogen (secondary N) is 1. The lowest BCUT2D eigenvalue weighted by Crippen LogP contribution is -2.49. The molecule has 0 aliphatic heterocycles. The van der Waals surface area contributed by atoms with Gasteiger partial charge < -0.3 is 5.32 Å². The molecule has 0 aromatic rings. The first kappa shape index (κ1) is 27.7. The van der Waals surface area contributed by atoms with Gasteiger partial charge in [-0.15, -0.1) is 0 Å². The molecular formula is C24H51NO. The van der Waals surface area contributed by atoms with E-state index in [1.807, 2.05) is 13.8 Å². The fourth-order valence-electron chi connectivity index (χ4n) is 3.20. The molecule has 1 N–H and O–H groups in total. The van der Waals surface area contributed by atoms with Crippen LogP contribution < -0.4 is 5.32 Å². The van der Waals surface area contributed by atoms with Gasteiger partial charge in [-0.2, -0.15) is 0 Å². The first-order chi connectivity index (χ1) is 11.5. The normalized spacial score (nSPS) is 13.3. The fourth-order valence-corrected chi connectivity index (χ4v) is 3.20. The average molecular weight is 370 g/mol. The molecule has 0 aromatic heterocycles. The average Bonchev–Trinajstić information content (AvgIpc) is 2.43. The minimum Gasteiger partial charge on any atom is -0.351 e. The summed E-state index contributed by atoms with van der Waals surface area (Å²) >= 11 is 0. The summed E-state index contributed by atoms with van der Waals surface area (Å²) in [6.07, 6.45) is 5.38. The van der Waals surface area contributed by atoms with Crippen LogP contribution in [-0.4, -0.2) is 11.4 Å². The van der Waals surface area contributed by atoms with Crippen molar-refractivity contribution in [2.75, 3.05) is 0 Å². The third-order valence-electron chi connectivity index (χ3n) is 4.95. The van der Waals surface area contributed by atoms with Crippen LogP contribution in [0.3, 0.4) is 0 Å². The van der Waals surface area contributed by atoms with Crippen molar-refractivity contribution in [1.82, 2.24) is 5.32 Å². The molecule has 2 heteroatoms. The number of rotatable bonds is 9. The minimum atomic E-state index is -0.308. The molecule has 0 spiro atoms. The Hall–Kier alpha value is -0.530. The smallest absolute Gasteiger partial charge is 0.226 e. The Labute approximate surface area is 166 Å². The predicted octanol–water partition coefficient (Wildman–Crippen LogP) is 7.61. The monoisotopic (exact) mass is 369 g/mol. The lowest BCUT2D eigenvalue weighted by atomic mass is 9.76. The summed E-state index contributed by atoms with van der Waals surface area (Å²) in [6.45, 7) is 28.5.